The Bertz CT molecular complexity index is 420. The number of aryl methyl sites for hydroxylation is 1. The lowest BCUT2D eigenvalue weighted by atomic mass is 9.97. The first-order valence-electron chi connectivity index (χ1n) is 6.13. The number of carbonyl (C=O) groups excluding carboxylic acids is 1. The molecule has 4 heteroatoms. The number of hydrogen-bond donors (Lipinski definition) is 1. The molecular weight excluding hydrogens is 253 g/mol. The maximum atomic E-state index is 13.6. The first-order chi connectivity index (χ1) is 8.41. The predicted octanol–water partition coefficient (Wildman–Crippen LogP) is 3.35. The van der Waals surface area contributed by atoms with Crippen LogP contribution >= 0.6 is 11.6 Å². The Morgan fingerprint density at radius 1 is 1.44 bits per heavy atom. The fourth-order valence-corrected chi connectivity index (χ4v) is 2.02. The number of carbonyl (C=O) groups is 1. The molecule has 0 radical (unpaired) electrons. The van der Waals surface area contributed by atoms with Crippen molar-refractivity contribution in [2.45, 2.75) is 39.2 Å². The van der Waals surface area contributed by atoms with Crippen molar-refractivity contribution in [3.63, 3.8) is 0 Å². The van der Waals surface area contributed by atoms with Gasteiger partial charge in [-0.3, -0.25) is 4.79 Å². The molecule has 0 fully saturated rings. The van der Waals surface area contributed by atoms with E-state index in [2.05, 4.69) is 0 Å². The van der Waals surface area contributed by atoms with E-state index in [9.17, 15) is 9.18 Å². The Labute approximate surface area is 112 Å². The number of hydrogen-bond acceptors (Lipinski definition) is 2. The third-order valence-corrected chi connectivity index (χ3v) is 3.10. The minimum Gasteiger partial charge on any atom is -0.322 e. The highest BCUT2D eigenvalue weighted by atomic mass is 35.5. The van der Waals surface area contributed by atoms with Gasteiger partial charge in [-0.05, 0) is 30.4 Å². The second kappa shape index (κ2) is 6.86. The molecular formula is C14H19ClFNO. The molecule has 0 amide bonds. The number of rotatable bonds is 6. The number of benzene rings is 1. The van der Waals surface area contributed by atoms with E-state index in [4.69, 9.17) is 17.3 Å². The normalized spacial score (nSPS) is 12.8. The summed E-state index contributed by atoms with van der Waals surface area (Å²) in [7, 11) is 0. The third-order valence-electron chi connectivity index (χ3n) is 2.81. The summed E-state index contributed by atoms with van der Waals surface area (Å²) in [6, 6.07) is 4.36. The van der Waals surface area contributed by atoms with Crippen LogP contribution in [0.15, 0.2) is 18.2 Å². The molecule has 0 aliphatic heterocycles. The second-order valence-corrected chi connectivity index (χ2v) is 5.32. The van der Waals surface area contributed by atoms with Gasteiger partial charge in [0.05, 0.1) is 11.1 Å². The molecule has 2 nitrogen and oxygen atoms in total. The van der Waals surface area contributed by atoms with Crippen LogP contribution in [0.3, 0.4) is 0 Å². The van der Waals surface area contributed by atoms with E-state index in [-0.39, 0.29) is 17.2 Å². The van der Waals surface area contributed by atoms with Gasteiger partial charge >= 0.3 is 0 Å². The fourth-order valence-electron chi connectivity index (χ4n) is 1.82. The van der Waals surface area contributed by atoms with Crippen molar-refractivity contribution >= 4 is 17.4 Å². The Balaban J connectivity index is 2.55. The van der Waals surface area contributed by atoms with Gasteiger partial charge in [-0.15, -0.1) is 0 Å². The molecule has 100 valence electrons. The SMILES string of the molecule is CC(C)C[C@H](N)C(=O)CCc1cccc(Cl)c1F. The van der Waals surface area contributed by atoms with Gasteiger partial charge in [-0.1, -0.05) is 37.6 Å². The summed E-state index contributed by atoms with van der Waals surface area (Å²) < 4.78 is 13.6. The predicted molar refractivity (Wildman–Crippen MR) is 72.2 cm³/mol. The van der Waals surface area contributed by atoms with E-state index >= 15 is 0 Å². The van der Waals surface area contributed by atoms with Crippen molar-refractivity contribution in [1.29, 1.82) is 0 Å². The highest BCUT2D eigenvalue weighted by molar-refractivity contribution is 6.30. The van der Waals surface area contributed by atoms with Crippen molar-refractivity contribution in [1.82, 2.24) is 0 Å². The zero-order chi connectivity index (χ0) is 13.7. The number of ketones is 1. The van der Waals surface area contributed by atoms with E-state index in [1.807, 2.05) is 13.8 Å². The van der Waals surface area contributed by atoms with Crippen molar-refractivity contribution < 1.29 is 9.18 Å². The summed E-state index contributed by atoms with van der Waals surface area (Å²) in [6.07, 6.45) is 1.26. The lowest BCUT2D eigenvalue weighted by molar-refractivity contribution is -0.120. The summed E-state index contributed by atoms with van der Waals surface area (Å²) in [5.41, 5.74) is 6.25. The third kappa shape index (κ3) is 4.39. The van der Waals surface area contributed by atoms with Gasteiger partial charge in [0, 0.05) is 6.42 Å². The molecule has 0 spiro atoms. The summed E-state index contributed by atoms with van der Waals surface area (Å²) in [6.45, 7) is 4.04. The molecule has 1 aromatic rings. The maximum Gasteiger partial charge on any atom is 0.149 e. The molecule has 0 heterocycles. The van der Waals surface area contributed by atoms with Gasteiger partial charge in [-0.25, -0.2) is 4.39 Å². The Morgan fingerprint density at radius 2 is 2.11 bits per heavy atom. The first-order valence-corrected chi connectivity index (χ1v) is 6.50. The number of halogens is 2. The summed E-state index contributed by atoms with van der Waals surface area (Å²) in [4.78, 5) is 11.8. The summed E-state index contributed by atoms with van der Waals surface area (Å²) in [5, 5.41) is 0.0893. The van der Waals surface area contributed by atoms with Crippen molar-refractivity contribution in [3.8, 4) is 0 Å². The number of nitrogens with two attached hydrogens (primary N) is 1. The van der Waals surface area contributed by atoms with E-state index < -0.39 is 11.9 Å². The van der Waals surface area contributed by atoms with Gasteiger partial charge < -0.3 is 5.73 Å². The molecule has 1 aromatic carbocycles. The maximum absolute atomic E-state index is 13.6. The molecule has 2 N–H and O–H groups in total. The van der Waals surface area contributed by atoms with Crippen LogP contribution in [0.25, 0.3) is 0 Å². The largest absolute Gasteiger partial charge is 0.322 e. The van der Waals surface area contributed by atoms with Gasteiger partial charge in [0.1, 0.15) is 11.6 Å². The molecule has 18 heavy (non-hydrogen) atoms. The van der Waals surface area contributed by atoms with Crippen LogP contribution in [-0.2, 0) is 11.2 Å². The van der Waals surface area contributed by atoms with Crippen LogP contribution < -0.4 is 5.73 Å². The lowest BCUT2D eigenvalue weighted by Crippen LogP contribution is -2.32. The average molecular weight is 272 g/mol. The average Bonchev–Trinajstić information content (AvgIpc) is 2.29. The minimum absolute atomic E-state index is 0.0249. The van der Waals surface area contributed by atoms with E-state index in [1.54, 1.807) is 12.1 Å². The fraction of sp³-hybridized carbons (Fsp3) is 0.500. The van der Waals surface area contributed by atoms with Crippen LogP contribution in [0.2, 0.25) is 5.02 Å². The Kier molecular flexibility index (Phi) is 5.76. The highest BCUT2D eigenvalue weighted by Crippen LogP contribution is 2.19. The molecule has 0 saturated heterocycles. The molecule has 0 aliphatic rings. The number of Topliss-reactive ketones (excluding diaryl/α,β-unsaturated/α-hetero) is 1. The van der Waals surface area contributed by atoms with Crippen LogP contribution in [0.5, 0.6) is 0 Å². The van der Waals surface area contributed by atoms with Gasteiger partial charge in [0.15, 0.2) is 0 Å². The molecule has 1 rings (SSSR count). The topological polar surface area (TPSA) is 43.1 Å². The molecule has 0 saturated carbocycles. The smallest absolute Gasteiger partial charge is 0.149 e. The molecule has 1 atom stereocenters. The van der Waals surface area contributed by atoms with Crippen LogP contribution in [0.4, 0.5) is 4.39 Å². The second-order valence-electron chi connectivity index (χ2n) is 4.92. The van der Waals surface area contributed by atoms with E-state index in [0.717, 1.165) is 0 Å². The highest BCUT2D eigenvalue weighted by Gasteiger charge is 2.16. The molecule has 0 aliphatic carbocycles. The van der Waals surface area contributed by atoms with Gasteiger partial charge in [0.25, 0.3) is 0 Å². The van der Waals surface area contributed by atoms with Crippen molar-refractivity contribution in [3.05, 3.63) is 34.6 Å². The van der Waals surface area contributed by atoms with Crippen molar-refractivity contribution in [2.75, 3.05) is 0 Å². The molecule has 0 bridgehead atoms. The summed E-state index contributed by atoms with van der Waals surface area (Å²) >= 11 is 5.68. The monoisotopic (exact) mass is 271 g/mol. The van der Waals surface area contributed by atoms with Crippen LogP contribution in [0.1, 0.15) is 32.3 Å². The minimum atomic E-state index is -0.452. The molecule has 0 aromatic heterocycles. The first kappa shape index (κ1) is 15.1. The zero-order valence-electron chi connectivity index (χ0n) is 10.7. The van der Waals surface area contributed by atoms with Gasteiger partial charge in [-0.2, -0.15) is 0 Å². The lowest BCUT2D eigenvalue weighted by Gasteiger charge is -2.13. The van der Waals surface area contributed by atoms with Crippen LogP contribution in [-0.4, -0.2) is 11.8 Å². The quantitative estimate of drug-likeness (QED) is 0.862. The van der Waals surface area contributed by atoms with Crippen molar-refractivity contribution in [2.24, 2.45) is 11.7 Å². The zero-order valence-corrected chi connectivity index (χ0v) is 11.5. The standard InChI is InChI=1S/C14H19ClFNO/c1-9(2)8-12(17)13(18)7-6-10-4-3-5-11(15)14(10)16/h3-5,9,12H,6-8,17H2,1-2H3/t12-/m0/s1. The van der Waals surface area contributed by atoms with E-state index in [0.29, 0.717) is 24.3 Å². The Hall–Kier alpha value is -0.930. The van der Waals surface area contributed by atoms with Gasteiger partial charge in [0.2, 0.25) is 0 Å². The van der Waals surface area contributed by atoms with E-state index in [1.165, 1.54) is 6.07 Å². The Morgan fingerprint density at radius 3 is 2.72 bits per heavy atom. The summed E-state index contributed by atoms with van der Waals surface area (Å²) in [5.74, 6) is -0.0840. The van der Waals surface area contributed by atoms with Crippen LogP contribution in [0, 0.1) is 11.7 Å². The molecule has 0 unspecified atom stereocenters.